The lowest BCUT2D eigenvalue weighted by molar-refractivity contribution is -0.119. The zero-order valence-electron chi connectivity index (χ0n) is 14.0. The number of rotatable bonds is 5. The molecular formula is C18H17FN4O2S. The summed E-state index contributed by atoms with van der Waals surface area (Å²) in [5.74, 6) is -0.329. The number of hydrogen-bond acceptors (Lipinski definition) is 4. The normalized spacial score (nSPS) is 11.9. The second-order valence-corrected chi connectivity index (χ2v) is 6.93. The number of amides is 2. The molecule has 1 aromatic heterocycles. The number of benzene rings is 2. The molecule has 3 N–H and O–H groups in total. The Bertz CT molecular complexity index is 893. The first-order chi connectivity index (χ1) is 12.5. The van der Waals surface area contributed by atoms with Crippen LogP contribution in [0.4, 0.5) is 4.39 Å². The van der Waals surface area contributed by atoms with E-state index in [2.05, 4.69) is 20.8 Å². The minimum absolute atomic E-state index is 0.0130. The maximum atomic E-state index is 12.8. The lowest BCUT2D eigenvalue weighted by Crippen LogP contribution is -2.42. The highest BCUT2D eigenvalue weighted by atomic mass is 32.2. The van der Waals surface area contributed by atoms with Crippen LogP contribution < -0.4 is 10.9 Å². The molecule has 0 saturated carbocycles. The lowest BCUT2D eigenvalue weighted by Gasteiger charge is -2.10. The van der Waals surface area contributed by atoms with E-state index in [-0.39, 0.29) is 22.5 Å². The van der Waals surface area contributed by atoms with E-state index in [9.17, 15) is 14.0 Å². The number of nitrogens with one attached hydrogen (secondary N) is 3. The van der Waals surface area contributed by atoms with Gasteiger partial charge in [-0.1, -0.05) is 12.1 Å². The summed E-state index contributed by atoms with van der Waals surface area (Å²) in [5, 5.41) is -0.0130. The van der Waals surface area contributed by atoms with E-state index < -0.39 is 11.7 Å². The van der Waals surface area contributed by atoms with Gasteiger partial charge < -0.3 is 4.98 Å². The van der Waals surface area contributed by atoms with Gasteiger partial charge in [0.25, 0.3) is 5.91 Å². The Labute approximate surface area is 153 Å². The summed E-state index contributed by atoms with van der Waals surface area (Å²) in [5.41, 5.74) is 6.74. The fourth-order valence-corrected chi connectivity index (χ4v) is 3.02. The van der Waals surface area contributed by atoms with E-state index in [1.54, 1.807) is 0 Å². The molecule has 0 unspecified atom stereocenters. The van der Waals surface area contributed by atoms with Crippen LogP contribution in [0.2, 0.25) is 0 Å². The third-order valence-electron chi connectivity index (χ3n) is 3.68. The highest BCUT2D eigenvalue weighted by Gasteiger charge is 2.14. The molecule has 0 aliphatic rings. The van der Waals surface area contributed by atoms with Crippen LogP contribution in [0.1, 0.15) is 28.4 Å². The number of aromatic amines is 1. The molecule has 8 heteroatoms. The van der Waals surface area contributed by atoms with Crippen LogP contribution in [0.15, 0.2) is 48.5 Å². The number of halogens is 1. The number of hydrazine groups is 1. The van der Waals surface area contributed by atoms with E-state index in [4.69, 9.17) is 0 Å². The van der Waals surface area contributed by atoms with Gasteiger partial charge in [0.05, 0.1) is 22.0 Å². The molecular weight excluding hydrogens is 355 g/mol. The van der Waals surface area contributed by atoms with Crippen molar-refractivity contribution in [2.24, 2.45) is 0 Å². The molecule has 134 valence electrons. The van der Waals surface area contributed by atoms with Crippen molar-refractivity contribution in [3.8, 4) is 0 Å². The largest absolute Gasteiger partial charge is 0.341 e. The molecule has 0 aliphatic carbocycles. The van der Waals surface area contributed by atoms with Gasteiger partial charge in [-0.3, -0.25) is 20.4 Å². The van der Waals surface area contributed by atoms with E-state index in [1.807, 2.05) is 31.2 Å². The average molecular weight is 372 g/mol. The van der Waals surface area contributed by atoms with Gasteiger partial charge in [-0.25, -0.2) is 9.37 Å². The van der Waals surface area contributed by atoms with Crippen LogP contribution in [-0.2, 0) is 4.79 Å². The van der Waals surface area contributed by atoms with Crippen LogP contribution in [0.5, 0.6) is 0 Å². The molecule has 2 aromatic carbocycles. The summed E-state index contributed by atoms with van der Waals surface area (Å²) in [4.78, 5) is 31.5. The van der Waals surface area contributed by atoms with Gasteiger partial charge >= 0.3 is 0 Å². The van der Waals surface area contributed by atoms with Crippen molar-refractivity contribution in [1.82, 2.24) is 20.8 Å². The summed E-state index contributed by atoms with van der Waals surface area (Å²) >= 11 is 1.40. The van der Waals surface area contributed by atoms with Crippen molar-refractivity contribution in [2.45, 2.75) is 12.2 Å². The molecule has 0 saturated heterocycles. The quantitative estimate of drug-likeness (QED) is 0.601. The van der Waals surface area contributed by atoms with Gasteiger partial charge in [-0.05, 0) is 43.3 Å². The van der Waals surface area contributed by atoms with E-state index in [1.165, 1.54) is 36.0 Å². The second-order valence-electron chi connectivity index (χ2n) is 5.60. The fraction of sp³-hybridized carbons (Fsp3) is 0.167. The number of imidazole rings is 1. The summed E-state index contributed by atoms with van der Waals surface area (Å²) in [6.45, 7) is 1.95. The number of H-pyrrole nitrogens is 1. The van der Waals surface area contributed by atoms with E-state index in [0.717, 1.165) is 16.9 Å². The maximum absolute atomic E-state index is 12.8. The minimum atomic E-state index is -0.506. The first-order valence-corrected chi connectivity index (χ1v) is 8.99. The van der Waals surface area contributed by atoms with Crippen LogP contribution in [-0.4, -0.2) is 27.5 Å². The molecule has 0 fully saturated rings. The molecule has 0 bridgehead atoms. The topological polar surface area (TPSA) is 86.9 Å². The predicted octanol–water partition coefficient (Wildman–Crippen LogP) is 2.96. The Morgan fingerprint density at radius 1 is 1.15 bits per heavy atom. The Kier molecular flexibility index (Phi) is 5.52. The standard InChI is InChI=1S/C18H17FN4O2S/c1-11(17-20-14-4-2-3-5-15(14)21-17)26-10-16(24)22-23-18(25)12-6-8-13(19)9-7-12/h2-9,11H,10H2,1H3,(H,20,21)(H,22,24)(H,23,25)/t11-/m1/s1. The second kappa shape index (κ2) is 8.01. The number of carbonyl (C=O) groups excluding carboxylic acids is 2. The molecule has 3 rings (SSSR count). The van der Waals surface area contributed by atoms with Gasteiger partial charge in [-0.15, -0.1) is 11.8 Å². The molecule has 0 spiro atoms. The third-order valence-corrected chi connectivity index (χ3v) is 4.83. The van der Waals surface area contributed by atoms with Crippen molar-refractivity contribution in [3.63, 3.8) is 0 Å². The van der Waals surface area contributed by atoms with Gasteiger partial charge in [0.15, 0.2) is 0 Å². The number of thioether (sulfide) groups is 1. The highest BCUT2D eigenvalue weighted by Crippen LogP contribution is 2.27. The number of hydrogen-bond donors (Lipinski definition) is 3. The minimum Gasteiger partial charge on any atom is -0.341 e. The summed E-state index contributed by atoms with van der Waals surface area (Å²) in [6.07, 6.45) is 0. The van der Waals surface area contributed by atoms with Crippen molar-refractivity contribution in [1.29, 1.82) is 0 Å². The van der Waals surface area contributed by atoms with Crippen LogP contribution in [0, 0.1) is 5.82 Å². The number of para-hydroxylation sites is 2. The smallest absolute Gasteiger partial charge is 0.269 e. The zero-order valence-corrected chi connectivity index (χ0v) is 14.8. The third kappa shape index (κ3) is 4.40. The summed E-state index contributed by atoms with van der Waals surface area (Å²) < 4.78 is 12.8. The van der Waals surface area contributed by atoms with Gasteiger partial charge in [0.1, 0.15) is 11.6 Å². The molecule has 1 atom stereocenters. The lowest BCUT2D eigenvalue weighted by atomic mass is 10.2. The molecule has 2 amide bonds. The molecule has 6 nitrogen and oxygen atoms in total. The average Bonchev–Trinajstić information content (AvgIpc) is 3.09. The maximum Gasteiger partial charge on any atom is 0.269 e. The number of aromatic nitrogens is 2. The van der Waals surface area contributed by atoms with Crippen LogP contribution in [0.25, 0.3) is 11.0 Å². The van der Waals surface area contributed by atoms with Crippen molar-refractivity contribution >= 4 is 34.6 Å². The Morgan fingerprint density at radius 3 is 2.62 bits per heavy atom. The Morgan fingerprint density at radius 2 is 1.88 bits per heavy atom. The van der Waals surface area contributed by atoms with Crippen molar-refractivity contribution in [2.75, 3.05) is 5.75 Å². The molecule has 26 heavy (non-hydrogen) atoms. The number of carbonyl (C=O) groups is 2. The van der Waals surface area contributed by atoms with Crippen LogP contribution in [0.3, 0.4) is 0 Å². The van der Waals surface area contributed by atoms with Gasteiger partial charge in [-0.2, -0.15) is 0 Å². The summed E-state index contributed by atoms with van der Waals surface area (Å²) in [7, 11) is 0. The zero-order chi connectivity index (χ0) is 18.5. The molecule has 1 heterocycles. The number of nitrogens with zero attached hydrogens (tertiary/aromatic N) is 1. The van der Waals surface area contributed by atoms with Gasteiger partial charge in [0.2, 0.25) is 5.91 Å². The fourth-order valence-electron chi connectivity index (χ4n) is 2.28. The Hall–Kier alpha value is -2.87. The molecule has 0 radical (unpaired) electrons. The van der Waals surface area contributed by atoms with E-state index >= 15 is 0 Å². The van der Waals surface area contributed by atoms with Crippen molar-refractivity contribution in [3.05, 3.63) is 65.7 Å². The first-order valence-electron chi connectivity index (χ1n) is 7.94. The first kappa shape index (κ1) is 17.9. The van der Waals surface area contributed by atoms with E-state index in [0.29, 0.717) is 0 Å². The highest BCUT2D eigenvalue weighted by molar-refractivity contribution is 8.00. The van der Waals surface area contributed by atoms with Crippen molar-refractivity contribution < 1.29 is 14.0 Å². The SMILES string of the molecule is C[C@@H](SCC(=O)NNC(=O)c1ccc(F)cc1)c1nc2ccccc2[nH]1. The molecule has 3 aromatic rings. The number of fused-ring (bicyclic) bond motifs is 1. The summed E-state index contributed by atoms with van der Waals surface area (Å²) in [6, 6.07) is 12.8. The molecule has 0 aliphatic heterocycles. The predicted molar refractivity (Wildman–Crippen MR) is 99.0 cm³/mol. The van der Waals surface area contributed by atoms with Crippen LogP contribution >= 0.6 is 11.8 Å². The van der Waals surface area contributed by atoms with Gasteiger partial charge in [0, 0.05) is 5.56 Å². The Balaban J connectivity index is 1.47. The monoisotopic (exact) mass is 372 g/mol.